The van der Waals surface area contributed by atoms with E-state index in [0.717, 1.165) is 29.6 Å². The lowest BCUT2D eigenvalue weighted by atomic mass is 10.2. The standard InChI is InChI=1S/C12H14ClN3/c1-2-14-12-15-7-8-16(12)9-10-5-3-4-6-11(10)13/h3-8H,2,9H2,1H3,(H,14,15). The molecule has 0 aliphatic heterocycles. The van der Waals surface area contributed by atoms with Crippen LogP contribution in [0.2, 0.25) is 5.02 Å². The van der Waals surface area contributed by atoms with Crippen molar-refractivity contribution in [3.8, 4) is 0 Å². The number of hydrogen-bond acceptors (Lipinski definition) is 2. The van der Waals surface area contributed by atoms with Gasteiger partial charge in [-0.25, -0.2) is 4.98 Å². The van der Waals surface area contributed by atoms with Crippen LogP contribution >= 0.6 is 11.6 Å². The maximum Gasteiger partial charge on any atom is 0.203 e. The zero-order chi connectivity index (χ0) is 11.4. The van der Waals surface area contributed by atoms with E-state index in [-0.39, 0.29) is 0 Å². The first kappa shape index (κ1) is 11.0. The van der Waals surface area contributed by atoms with Gasteiger partial charge in [-0.2, -0.15) is 0 Å². The Morgan fingerprint density at radius 3 is 2.94 bits per heavy atom. The van der Waals surface area contributed by atoms with Crippen LogP contribution in [0.3, 0.4) is 0 Å². The minimum atomic E-state index is 0.738. The number of nitrogens with one attached hydrogen (secondary N) is 1. The van der Waals surface area contributed by atoms with Crippen molar-refractivity contribution in [2.45, 2.75) is 13.5 Å². The molecular weight excluding hydrogens is 222 g/mol. The molecule has 1 N–H and O–H groups in total. The number of imidazole rings is 1. The predicted molar refractivity (Wildman–Crippen MR) is 66.9 cm³/mol. The molecule has 4 heteroatoms. The minimum Gasteiger partial charge on any atom is -0.356 e. The third-order valence-electron chi connectivity index (χ3n) is 2.35. The van der Waals surface area contributed by atoms with Gasteiger partial charge < -0.3 is 9.88 Å². The average Bonchev–Trinajstić information content (AvgIpc) is 2.70. The van der Waals surface area contributed by atoms with Gasteiger partial charge in [-0.3, -0.25) is 0 Å². The molecule has 0 atom stereocenters. The Bertz CT molecular complexity index is 465. The number of nitrogens with zero attached hydrogens (tertiary/aromatic N) is 2. The molecule has 1 aromatic carbocycles. The first-order chi connectivity index (χ1) is 7.81. The summed E-state index contributed by atoms with van der Waals surface area (Å²) in [5.41, 5.74) is 1.10. The molecule has 0 aliphatic rings. The second-order valence-electron chi connectivity index (χ2n) is 3.50. The van der Waals surface area contributed by atoms with E-state index < -0.39 is 0 Å². The second kappa shape index (κ2) is 5.03. The number of hydrogen-bond donors (Lipinski definition) is 1. The van der Waals surface area contributed by atoms with Gasteiger partial charge in [0.05, 0.1) is 6.54 Å². The molecule has 2 rings (SSSR count). The highest BCUT2D eigenvalue weighted by atomic mass is 35.5. The zero-order valence-electron chi connectivity index (χ0n) is 9.15. The van der Waals surface area contributed by atoms with Crippen LogP contribution in [0.1, 0.15) is 12.5 Å². The fourth-order valence-electron chi connectivity index (χ4n) is 1.57. The van der Waals surface area contributed by atoms with Gasteiger partial charge in [0, 0.05) is 24.0 Å². The Hall–Kier alpha value is -1.48. The van der Waals surface area contributed by atoms with Gasteiger partial charge in [0.1, 0.15) is 0 Å². The zero-order valence-corrected chi connectivity index (χ0v) is 9.91. The van der Waals surface area contributed by atoms with Gasteiger partial charge in [0.2, 0.25) is 5.95 Å². The van der Waals surface area contributed by atoms with Crippen molar-refractivity contribution < 1.29 is 0 Å². The molecule has 84 valence electrons. The van der Waals surface area contributed by atoms with Crippen LogP contribution in [0.25, 0.3) is 0 Å². The van der Waals surface area contributed by atoms with E-state index in [0.29, 0.717) is 0 Å². The first-order valence-electron chi connectivity index (χ1n) is 5.29. The van der Waals surface area contributed by atoms with Crippen molar-refractivity contribution in [1.82, 2.24) is 9.55 Å². The molecule has 1 heterocycles. The highest BCUT2D eigenvalue weighted by molar-refractivity contribution is 6.31. The summed E-state index contributed by atoms with van der Waals surface area (Å²) in [6.45, 7) is 3.65. The summed E-state index contributed by atoms with van der Waals surface area (Å²) in [5.74, 6) is 0.877. The summed E-state index contributed by atoms with van der Waals surface area (Å²) < 4.78 is 2.05. The Labute approximate surface area is 100 Å². The molecule has 0 amide bonds. The van der Waals surface area contributed by atoms with Crippen LogP contribution in [0.4, 0.5) is 5.95 Å². The number of rotatable bonds is 4. The van der Waals surface area contributed by atoms with Crippen LogP contribution in [0.5, 0.6) is 0 Å². The molecular formula is C12H14ClN3. The third kappa shape index (κ3) is 2.36. The number of anilines is 1. The van der Waals surface area contributed by atoms with Crippen molar-refractivity contribution in [3.05, 3.63) is 47.2 Å². The molecule has 0 fully saturated rings. The largest absolute Gasteiger partial charge is 0.356 e. The fourth-order valence-corrected chi connectivity index (χ4v) is 1.77. The van der Waals surface area contributed by atoms with Gasteiger partial charge in [-0.15, -0.1) is 0 Å². The van der Waals surface area contributed by atoms with E-state index in [1.807, 2.05) is 35.0 Å². The summed E-state index contributed by atoms with van der Waals surface area (Å²) >= 11 is 6.12. The average molecular weight is 236 g/mol. The van der Waals surface area contributed by atoms with Crippen LogP contribution in [0.15, 0.2) is 36.7 Å². The number of benzene rings is 1. The van der Waals surface area contributed by atoms with Crippen LogP contribution in [-0.2, 0) is 6.54 Å². The normalized spacial score (nSPS) is 10.4. The molecule has 0 aliphatic carbocycles. The first-order valence-corrected chi connectivity index (χ1v) is 5.67. The van der Waals surface area contributed by atoms with Gasteiger partial charge in [0.25, 0.3) is 0 Å². The van der Waals surface area contributed by atoms with Gasteiger partial charge >= 0.3 is 0 Å². The quantitative estimate of drug-likeness (QED) is 0.883. The van der Waals surface area contributed by atoms with Crippen molar-refractivity contribution >= 4 is 17.5 Å². The summed E-state index contributed by atoms with van der Waals surface area (Å²) in [6.07, 6.45) is 3.73. The SMILES string of the molecule is CCNc1nccn1Cc1ccccc1Cl. The van der Waals surface area contributed by atoms with E-state index in [4.69, 9.17) is 11.6 Å². The van der Waals surface area contributed by atoms with E-state index in [1.165, 1.54) is 0 Å². The lowest BCUT2D eigenvalue weighted by molar-refractivity contribution is 0.800. The van der Waals surface area contributed by atoms with Crippen molar-refractivity contribution in [1.29, 1.82) is 0 Å². The predicted octanol–water partition coefficient (Wildman–Crippen LogP) is 3.02. The highest BCUT2D eigenvalue weighted by Gasteiger charge is 2.04. The van der Waals surface area contributed by atoms with Gasteiger partial charge in [-0.1, -0.05) is 29.8 Å². The molecule has 16 heavy (non-hydrogen) atoms. The third-order valence-corrected chi connectivity index (χ3v) is 2.72. The van der Waals surface area contributed by atoms with Crippen LogP contribution in [0, 0.1) is 0 Å². The van der Waals surface area contributed by atoms with E-state index in [1.54, 1.807) is 6.20 Å². The molecule has 0 saturated heterocycles. The molecule has 3 nitrogen and oxygen atoms in total. The summed E-state index contributed by atoms with van der Waals surface area (Å²) in [5, 5.41) is 4.00. The van der Waals surface area contributed by atoms with Crippen molar-refractivity contribution in [2.24, 2.45) is 0 Å². The molecule has 1 aromatic heterocycles. The Kier molecular flexibility index (Phi) is 3.47. The maximum absolute atomic E-state index is 6.12. The minimum absolute atomic E-state index is 0.738. The van der Waals surface area contributed by atoms with Crippen LogP contribution < -0.4 is 5.32 Å². The van der Waals surface area contributed by atoms with Crippen molar-refractivity contribution in [2.75, 3.05) is 11.9 Å². The summed E-state index contributed by atoms with van der Waals surface area (Å²) in [6, 6.07) is 7.86. The van der Waals surface area contributed by atoms with Gasteiger partial charge in [0.15, 0.2) is 0 Å². The maximum atomic E-state index is 6.12. The Morgan fingerprint density at radius 2 is 2.19 bits per heavy atom. The molecule has 0 bridgehead atoms. The lowest BCUT2D eigenvalue weighted by Gasteiger charge is -2.09. The Balaban J connectivity index is 2.20. The summed E-state index contributed by atoms with van der Waals surface area (Å²) in [4.78, 5) is 4.24. The lowest BCUT2D eigenvalue weighted by Crippen LogP contribution is -2.07. The molecule has 0 radical (unpaired) electrons. The molecule has 0 spiro atoms. The van der Waals surface area contributed by atoms with Crippen LogP contribution in [-0.4, -0.2) is 16.1 Å². The monoisotopic (exact) mass is 235 g/mol. The fraction of sp³-hybridized carbons (Fsp3) is 0.250. The number of halogens is 1. The molecule has 0 saturated carbocycles. The van der Waals surface area contributed by atoms with Gasteiger partial charge in [-0.05, 0) is 18.6 Å². The topological polar surface area (TPSA) is 29.9 Å². The molecule has 0 unspecified atom stereocenters. The van der Waals surface area contributed by atoms with E-state index >= 15 is 0 Å². The molecule has 2 aromatic rings. The highest BCUT2D eigenvalue weighted by Crippen LogP contribution is 2.17. The Morgan fingerprint density at radius 1 is 1.38 bits per heavy atom. The van der Waals surface area contributed by atoms with E-state index in [9.17, 15) is 0 Å². The smallest absolute Gasteiger partial charge is 0.203 e. The van der Waals surface area contributed by atoms with Crippen molar-refractivity contribution in [3.63, 3.8) is 0 Å². The second-order valence-corrected chi connectivity index (χ2v) is 3.91. The summed E-state index contributed by atoms with van der Waals surface area (Å²) in [7, 11) is 0. The van der Waals surface area contributed by atoms with E-state index in [2.05, 4.69) is 17.2 Å². The number of aromatic nitrogens is 2.